The summed E-state index contributed by atoms with van der Waals surface area (Å²) in [6, 6.07) is 122. The molecule has 6 heteroatoms. The van der Waals surface area contributed by atoms with Gasteiger partial charge in [-0.3, -0.25) is 0 Å². The van der Waals surface area contributed by atoms with Crippen molar-refractivity contribution in [3.63, 3.8) is 0 Å². The highest BCUT2D eigenvalue weighted by atomic mass is 15.0. The molecule has 0 bridgehead atoms. The zero-order valence-electron chi connectivity index (χ0n) is 50.5. The van der Waals surface area contributed by atoms with Crippen LogP contribution in [0.1, 0.15) is 0 Å². The highest BCUT2D eigenvalue weighted by molar-refractivity contribution is 6.17. The van der Waals surface area contributed by atoms with Crippen LogP contribution in [0.2, 0.25) is 0 Å². The SMILES string of the molecule is c1ccc(-c2ccc3c(c2)c2cc(-c4ccc5c(c4)c4ccccc4n5-c4ccccc4)ccc2n3-c2cccc(-c3cccc(-c4cccc(-n5c6ccccc6c6c(-c7cccc(-c8nc(-c9ccccc9)nc(-c9ccccc9)n8)c7)cccc65)c4)c3)c2)cc1. The molecule has 0 N–H and O–H groups in total. The fourth-order valence-corrected chi connectivity index (χ4v) is 14.1. The minimum atomic E-state index is 0.623. The number of rotatable bonds is 11. The maximum Gasteiger partial charge on any atom is 0.164 e. The smallest absolute Gasteiger partial charge is 0.164 e. The third-order valence-electron chi connectivity index (χ3n) is 18.5. The molecule has 6 nitrogen and oxygen atoms in total. The molecule has 14 aromatic carbocycles. The minimum absolute atomic E-state index is 0.623. The summed E-state index contributed by atoms with van der Waals surface area (Å²) in [7, 11) is 0. The van der Waals surface area contributed by atoms with Crippen molar-refractivity contribution in [3.8, 4) is 107 Å². The molecule has 4 heterocycles. The predicted molar refractivity (Wildman–Crippen MR) is 386 cm³/mol. The summed E-state index contributed by atoms with van der Waals surface area (Å²) in [5.74, 6) is 1.90. The molecule has 0 spiro atoms. The summed E-state index contributed by atoms with van der Waals surface area (Å²) >= 11 is 0. The summed E-state index contributed by atoms with van der Waals surface area (Å²) < 4.78 is 7.25. The summed E-state index contributed by atoms with van der Waals surface area (Å²) in [5.41, 5.74) is 24.6. The number of hydrogen-bond donors (Lipinski definition) is 0. The molecular formula is C87H56N6. The minimum Gasteiger partial charge on any atom is -0.309 e. The van der Waals surface area contributed by atoms with Gasteiger partial charge < -0.3 is 13.7 Å². The molecule has 0 amide bonds. The number of nitrogens with zero attached hydrogens (tertiary/aromatic N) is 6. The first-order valence-electron chi connectivity index (χ1n) is 31.6. The van der Waals surface area contributed by atoms with Gasteiger partial charge in [0.15, 0.2) is 17.5 Å². The lowest BCUT2D eigenvalue weighted by Crippen LogP contribution is -2.00. The monoisotopic (exact) mass is 1180 g/mol. The van der Waals surface area contributed by atoms with E-state index >= 15 is 0 Å². The fraction of sp³-hybridized carbons (Fsp3) is 0. The van der Waals surface area contributed by atoms with Crippen molar-refractivity contribution < 1.29 is 0 Å². The van der Waals surface area contributed by atoms with Crippen molar-refractivity contribution in [2.24, 2.45) is 0 Å². The van der Waals surface area contributed by atoms with Gasteiger partial charge in [0, 0.05) is 66.1 Å². The fourth-order valence-electron chi connectivity index (χ4n) is 14.1. The first-order valence-corrected chi connectivity index (χ1v) is 31.6. The van der Waals surface area contributed by atoms with Gasteiger partial charge in [-0.25, -0.2) is 15.0 Å². The van der Waals surface area contributed by atoms with E-state index in [1.54, 1.807) is 0 Å². The first kappa shape index (κ1) is 53.5. The van der Waals surface area contributed by atoms with Gasteiger partial charge >= 0.3 is 0 Å². The lowest BCUT2D eigenvalue weighted by Gasteiger charge is -2.13. The molecule has 0 aliphatic heterocycles. The van der Waals surface area contributed by atoms with Crippen LogP contribution in [0.3, 0.4) is 0 Å². The van der Waals surface area contributed by atoms with E-state index in [1.165, 1.54) is 65.6 Å². The zero-order valence-corrected chi connectivity index (χ0v) is 50.5. The Balaban J connectivity index is 0.705. The van der Waals surface area contributed by atoms with E-state index < -0.39 is 0 Å². The van der Waals surface area contributed by atoms with Crippen LogP contribution in [0.4, 0.5) is 0 Å². The average Bonchev–Trinajstić information content (AvgIpc) is 1.61. The Bertz CT molecular complexity index is 5860. The van der Waals surface area contributed by atoms with E-state index in [4.69, 9.17) is 15.0 Å². The summed E-state index contributed by atoms with van der Waals surface area (Å²) in [6.07, 6.45) is 0. The van der Waals surface area contributed by atoms with Gasteiger partial charge in [0.2, 0.25) is 0 Å². The molecule has 0 radical (unpaired) electrons. The van der Waals surface area contributed by atoms with Crippen molar-refractivity contribution in [1.82, 2.24) is 28.7 Å². The van der Waals surface area contributed by atoms with Crippen LogP contribution in [0.15, 0.2) is 340 Å². The van der Waals surface area contributed by atoms with Crippen LogP contribution in [0, 0.1) is 0 Å². The van der Waals surface area contributed by atoms with E-state index in [9.17, 15) is 0 Å². The normalized spacial score (nSPS) is 11.7. The van der Waals surface area contributed by atoms with E-state index in [1.807, 2.05) is 60.7 Å². The topological polar surface area (TPSA) is 53.5 Å². The first-order chi connectivity index (χ1) is 46.1. The molecule has 4 aromatic heterocycles. The van der Waals surface area contributed by atoms with Crippen LogP contribution < -0.4 is 0 Å². The maximum absolute atomic E-state index is 5.09. The van der Waals surface area contributed by atoms with Gasteiger partial charge in [-0.1, -0.05) is 237 Å². The molecule has 0 aliphatic rings. The quantitative estimate of drug-likeness (QED) is 0.130. The highest BCUT2D eigenvalue weighted by Gasteiger charge is 2.21. The largest absolute Gasteiger partial charge is 0.309 e. The Morgan fingerprint density at radius 1 is 0.172 bits per heavy atom. The van der Waals surface area contributed by atoms with E-state index in [2.05, 4.69) is 293 Å². The molecule has 0 saturated heterocycles. The van der Waals surface area contributed by atoms with Crippen LogP contribution in [0.5, 0.6) is 0 Å². The van der Waals surface area contributed by atoms with E-state index in [-0.39, 0.29) is 0 Å². The van der Waals surface area contributed by atoms with E-state index in [0.717, 1.165) is 89.2 Å². The maximum atomic E-state index is 5.09. The Hall–Kier alpha value is -12.5. The molecule has 0 atom stereocenters. The van der Waals surface area contributed by atoms with Crippen LogP contribution >= 0.6 is 0 Å². The van der Waals surface area contributed by atoms with Crippen LogP contribution in [-0.2, 0) is 0 Å². The second-order valence-corrected chi connectivity index (χ2v) is 23.9. The average molecular weight is 1190 g/mol. The second-order valence-electron chi connectivity index (χ2n) is 23.9. The third-order valence-corrected chi connectivity index (χ3v) is 18.5. The third kappa shape index (κ3) is 9.30. The van der Waals surface area contributed by atoms with Crippen molar-refractivity contribution >= 4 is 65.4 Å². The molecule has 0 fully saturated rings. The van der Waals surface area contributed by atoms with Crippen LogP contribution in [0.25, 0.3) is 172 Å². The van der Waals surface area contributed by atoms with Crippen molar-refractivity contribution in [1.29, 1.82) is 0 Å². The lowest BCUT2D eigenvalue weighted by atomic mass is 9.97. The molecule has 0 unspecified atom stereocenters. The van der Waals surface area contributed by atoms with E-state index in [0.29, 0.717) is 17.5 Å². The molecule has 0 aliphatic carbocycles. The van der Waals surface area contributed by atoms with Gasteiger partial charge in [-0.2, -0.15) is 0 Å². The number of benzene rings is 14. The van der Waals surface area contributed by atoms with Gasteiger partial charge in [-0.15, -0.1) is 0 Å². The van der Waals surface area contributed by atoms with Gasteiger partial charge in [0.1, 0.15) is 0 Å². The van der Waals surface area contributed by atoms with Gasteiger partial charge in [0.05, 0.1) is 33.1 Å². The molecular weight excluding hydrogens is 1130 g/mol. The molecule has 0 saturated carbocycles. The molecule has 434 valence electrons. The lowest BCUT2D eigenvalue weighted by molar-refractivity contribution is 1.07. The predicted octanol–water partition coefficient (Wildman–Crippen LogP) is 22.5. The Kier molecular flexibility index (Phi) is 12.8. The van der Waals surface area contributed by atoms with Gasteiger partial charge in [-0.05, 0) is 159 Å². The van der Waals surface area contributed by atoms with Crippen LogP contribution in [-0.4, -0.2) is 28.7 Å². The van der Waals surface area contributed by atoms with Crippen molar-refractivity contribution in [2.75, 3.05) is 0 Å². The van der Waals surface area contributed by atoms with Crippen molar-refractivity contribution in [3.05, 3.63) is 340 Å². The highest BCUT2D eigenvalue weighted by Crippen LogP contribution is 2.43. The molecule has 93 heavy (non-hydrogen) atoms. The molecule has 18 rings (SSSR count). The van der Waals surface area contributed by atoms with Crippen molar-refractivity contribution in [2.45, 2.75) is 0 Å². The second kappa shape index (κ2) is 22.2. The number of aromatic nitrogens is 6. The summed E-state index contributed by atoms with van der Waals surface area (Å²) in [6.45, 7) is 0. The standard InChI is InChI=1S/C87H56N6/c1-5-22-57(23-6-1)64-44-47-81-76(54-64)77-56-66(65-45-48-80-75(55-65)73-38-13-15-41-78(73)91(80)69-34-11-4-12-35-69)46-49-82(77)92(81)70-36-19-30-62(52-70)60-28-17-29-61(50-60)63-31-20-37-71(53-63)93-79-42-16-14-39-74(79)84-72(40-21-43-83(84)93)67-32-18-33-68(51-67)87-89-85(58-24-7-2-8-25-58)88-86(90-87)59-26-9-3-10-27-59/h1-56H. The Labute approximate surface area is 537 Å². The summed E-state index contributed by atoms with van der Waals surface area (Å²) in [5, 5.41) is 7.26. The number of hydrogen-bond acceptors (Lipinski definition) is 3. The molecule has 18 aromatic rings. The van der Waals surface area contributed by atoms with Gasteiger partial charge in [0.25, 0.3) is 0 Å². The Morgan fingerprint density at radius 3 is 1.05 bits per heavy atom. The summed E-state index contributed by atoms with van der Waals surface area (Å²) in [4.78, 5) is 15.1. The zero-order chi connectivity index (χ0) is 61.3. The number of para-hydroxylation sites is 3. The number of fused-ring (bicyclic) bond motifs is 9. The Morgan fingerprint density at radius 2 is 0.495 bits per heavy atom.